The van der Waals surface area contributed by atoms with Crippen molar-refractivity contribution in [2.24, 2.45) is 0 Å². The molecular weight excluding hydrogens is 174 g/mol. The van der Waals surface area contributed by atoms with E-state index in [2.05, 4.69) is 9.58 Å². The third-order valence-electron chi connectivity index (χ3n) is 1.97. The molecule has 5 nitrogen and oxygen atoms in total. The molecule has 0 amide bonds. The van der Waals surface area contributed by atoms with Crippen molar-refractivity contribution in [2.75, 3.05) is 7.11 Å². The van der Waals surface area contributed by atoms with Crippen molar-refractivity contribution in [1.82, 2.24) is 0 Å². The van der Waals surface area contributed by atoms with Crippen LogP contribution in [0.3, 0.4) is 0 Å². The number of rotatable bonds is 3. The Morgan fingerprint density at radius 1 is 1.46 bits per heavy atom. The smallest absolute Gasteiger partial charge is 0.398 e. The van der Waals surface area contributed by atoms with Crippen molar-refractivity contribution in [3.05, 3.63) is 11.4 Å². The largest absolute Gasteiger partial charge is 0.463 e. The fourth-order valence-electron chi connectivity index (χ4n) is 1.09. The van der Waals surface area contributed by atoms with Crippen LogP contribution in [0.2, 0.25) is 0 Å². The molecule has 0 fully saturated rings. The molecule has 0 saturated heterocycles. The van der Waals surface area contributed by atoms with Crippen molar-refractivity contribution in [1.29, 1.82) is 0 Å². The molecule has 2 N–H and O–H groups in total. The molecule has 0 aliphatic carbocycles. The van der Waals surface area contributed by atoms with Crippen LogP contribution in [0.15, 0.2) is 0 Å². The highest BCUT2D eigenvalue weighted by atomic mass is 16.5. The molecule has 0 bridgehead atoms. The minimum Gasteiger partial charge on any atom is -0.463 e. The van der Waals surface area contributed by atoms with Gasteiger partial charge in [-0.25, -0.2) is 11.4 Å². The second-order valence-electron chi connectivity index (χ2n) is 2.78. The molecular formula is C8H13NO4. The van der Waals surface area contributed by atoms with Crippen LogP contribution in [0.25, 0.3) is 4.85 Å². The zero-order chi connectivity index (χ0) is 10.6. The number of aliphatic hydroxyl groups is 2. The molecule has 2 unspecified atom stereocenters. The molecule has 0 aromatic rings. The van der Waals surface area contributed by atoms with Crippen LogP contribution in [0, 0.1) is 6.57 Å². The van der Waals surface area contributed by atoms with Crippen LogP contribution in [0.1, 0.15) is 13.8 Å². The molecule has 74 valence electrons. The Bertz CT molecular complexity index is 221. The van der Waals surface area contributed by atoms with Gasteiger partial charge in [0.25, 0.3) is 0 Å². The summed E-state index contributed by atoms with van der Waals surface area (Å²) in [5, 5.41) is 18.5. The highest BCUT2D eigenvalue weighted by Crippen LogP contribution is 2.23. The first-order chi connectivity index (χ1) is 5.93. The lowest BCUT2D eigenvalue weighted by Crippen LogP contribution is -2.54. The zero-order valence-corrected chi connectivity index (χ0v) is 7.81. The van der Waals surface area contributed by atoms with Crippen molar-refractivity contribution < 1.29 is 19.7 Å². The molecule has 0 rings (SSSR count). The number of esters is 1. The van der Waals surface area contributed by atoms with Crippen LogP contribution in [0.4, 0.5) is 0 Å². The van der Waals surface area contributed by atoms with Crippen LogP contribution in [-0.2, 0) is 9.53 Å². The molecule has 0 saturated carbocycles. The van der Waals surface area contributed by atoms with Gasteiger partial charge in [0, 0.05) is 0 Å². The van der Waals surface area contributed by atoms with Crippen LogP contribution in [0.5, 0.6) is 0 Å². The third kappa shape index (κ3) is 1.79. The molecule has 0 aliphatic heterocycles. The van der Waals surface area contributed by atoms with E-state index in [1.807, 2.05) is 0 Å². The van der Waals surface area contributed by atoms with Crippen molar-refractivity contribution in [2.45, 2.75) is 31.6 Å². The van der Waals surface area contributed by atoms with Gasteiger partial charge in [0.1, 0.15) is 12.2 Å². The summed E-state index contributed by atoms with van der Waals surface area (Å²) < 4.78 is 4.36. The predicted molar refractivity (Wildman–Crippen MR) is 44.7 cm³/mol. The van der Waals surface area contributed by atoms with E-state index in [4.69, 9.17) is 6.57 Å². The first-order valence-electron chi connectivity index (χ1n) is 3.76. The van der Waals surface area contributed by atoms with Gasteiger partial charge in [-0.2, -0.15) is 0 Å². The maximum atomic E-state index is 11.2. The predicted octanol–water partition coefficient (Wildman–Crippen LogP) is -0.421. The van der Waals surface area contributed by atoms with Gasteiger partial charge in [-0.3, -0.25) is 4.85 Å². The van der Waals surface area contributed by atoms with Gasteiger partial charge in [-0.15, -0.1) is 0 Å². The van der Waals surface area contributed by atoms with E-state index in [1.54, 1.807) is 0 Å². The number of carbonyl (C=O) groups is 1. The second-order valence-corrected chi connectivity index (χ2v) is 2.78. The summed E-state index contributed by atoms with van der Waals surface area (Å²) in [7, 11) is 1.10. The average Bonchev–Trinajstić information content (AvgIpc) is 2.04. The summed E-state index contributed by atoms with van der Waals surface area (Å²) in [6, 6.07) is 0. The number of hydrogen-bond donors (Lipinski definition) is 2. The second kappa shape index (κ2) is 4.21. The monoisotopic (exact) mass is 187 g/mol. The minimum absolute atomic E-state index is 0.924. The summed E-state index contributed by atoms with van der Waals surface area (Å²) >= 11 is 0. The van der Waals surface area contributed by atoms with E-state index in [9.17, 15) is 15.0 Å². The summed E-state index contributed by atoms with van der Waals surface area (Å²) in [5.41, 5.74) is -1.91. The van der Waals surface area contributed by atoms with Gasteiger partial charge in [0.15, 0.2) is 0 Å². The summed E-state index contributed by atoms with van der Waals surface area (Å²) in [6.07, 6.45) is -2.56. The van der Waals surface area contributed by atoms with Gasteiger partial charge < -0.3 is 14.9 Å². The fourth-order valence-corrected chi connectivity index (χ4v) is 1.09. The van der Waals surface area contributed by atoms with Gasteiger partial charge in [0.2, 0.25) is 0 Å². The summed E-state index contributed by atoms with van der Waals surface area (Å²) in [5.74, 6) is -0.924. The average molecular weight is 187 g/mol. The van der Waals surface area contributed by atoms with E-state index >= 15 is 0 Å². The lowest BCUT2D eigenvalue weighted by Gasteiger charge is -2.24. The molecule has 0 aromatic carbocycles. The lowest BCUT2D eigenvalue weighted by atomic mass is 9.89. The molecule has 2 atom stereocenters. The van der Waals surface area contributed by atoms with Crippen LogP contribution < -0.4 is 0 Å². The zero-order valence-electron chi connectivity index (χ0n) is 7.81. The molecule has 5 heteroatoms. The summed E-state index contributed by atoms with van der Waals surface area (Å²) in [6.45, 7) is 9.34. The highest BCUT2D eigenvalue weighted by Gasteiger charge is 2.56. The Balaban J connectivity index is 5.14. The first kappa shape index (κ1) is 11.9. The van der Waals surface area contributed by atoms with Gasteiger partial charge in [-0.05, 0) is 13.8 Å². The number of ether oxygens (including phenoxy) is 1. The minimum atomic E-state index is -1.91. The number of carbonyl (C=O) groups excluding carboxylic acids is 1. The van der Waals surface area contributed by atoms with Gasteiger partial charge in [-0.1, -0.05) is 0 Å². The molecule has 0 aliphatic rings. The SMILES string of the molecule is [C-]#[N+]C(C(=O)OC)(C(C)O)C(C)O. The van der Waals surface area contributed by atoms with Crippen LogP contribution >= 0.6 is 0 Å². The Morgan fingerprint density at radius 2 is 1.85 bits per heavy atom. The molecule has 0 radical (unpaired) electrons. The Labute approximate surface area is 76.8 Å². The highest BCUT2D eigenvalue weighted by molar-refractivity contribution is 5.84. The Kier molecular flexibility index (Phi) is 3.85. The Hall–Kier alpha value is -1.12. The lowest BCUT2D eigenvalue weighted by molar-refractivity contribution is -0.153. The molecule has 0 heterocycles. The molecule has 13 heavy (non-hydrogen) atoms. The van der Waals surface area contributed by atoms with E-state index in [0.717, 1.165) is 7.11 Å². The number of methoxy groups -OCH3 is 1. The number of hydrogen-bond acceptors (Lipinski definition) is 4. The van der Waals surface area contributed by atoms with E-state index in [0.29, 0.717) is 0 Å². The van der Waals surface area contributed by atoms with Crippen molar-refractivity contribution >= 4 is 5.97 Å². The number of aliphatic hydroxyl groups excluding tert-OH is 2. The van der Waals surface area contributed by atoms with Gasteiger partial charge >= 0.3 is 11.5 Å². The third-order valence-corrected chi connectivity index (χ3v) is 1.97. The van der Waals surface area contributed by atoms with E-state index in [1.165, 1.54) is 13.8 Å². The summed E-state index contributed by atoms with van der Waals surface area (Å²) in [4.78, 5) is 14.2. The maximum Gasteiger partial charge on any atom is 0.398 e. The van der Waals surface area contributed by atoms with Crippen molar-refractivity contribution in [3.63, 3.8) is 0 Å². The standard InChI is InChI=1S/C8H13NO4/c1-5(10)8(9-3,6(2)11)7(12)13-4/h5-6,10-11H,1-2,4H3. The topological polar surface area (TPSA) is 71.1 Å². The van der Waals surface area contributed by atoms with Gasteiger partial charge in [0.05, 0.1) is 7.11 Å². The normalized spacial score (nSPS) is 19.4. The van der Waals surface area contributed by atoms with E-state index < -0.39 is 23.7 Å². The van der Waals surface area contributed by atoms with Crippen molar-refractivity contribution in [3.8, 4) is 0 Å². The van der Waals surface area contributed by atoms with E-state index in [-0.39, 0.29) is 0 Å². The first-order valence-corrected chi connectivity index (χ1v) is 3.76. The maximum absolute atomic E-state index is 11.2. The number of nitrogens with zero attached hydrogens (tertiary/aromatic N) is 1. The van der Waals surface area contributed by atoms with Crippen LogP contribution in [-0.4, -0.2) is 41.0 Å². The molecule has 0 aromatic heterocycles. The Morgan fingerprint density at radius 3 is 1.92 bits per heavy atom. The fraction of sp³-hybridized carbons (Fsp3) is 0.750. The molecule has 0 spiro atoms. The quantitative estimate of drug-likeness (QED) is 0.465.